The van der Waals surface area contributed by atoms with Gasteiger partial charge in [0.15, 0.2) is 0 Å². The zero-order valence-electron chi connectivity index (χ0n) is 14.4. The molecule has 2 aromatic carbocycles. The lowest BCUT2D eigenvalue weighted by atomic mass is 10.1. The van der Waals surface area contributed by atoms with Crippen molar-refractivity contribution in [3.8, 4) is 0 Å². The van der Waals surface area contributed by atoms with E-state index in [1.54, 1.807) is 0 Å². The average molecular weight is 462 g/mol. The summed E-state index contributed by atoms with van der Waals surface area (Å²) in [6, 6.07) is 11.4. The van der Waals surface area contributed by atoms with E-state index in [0.717, 1.165) is 10.0 Å². The van der Waals surface area contributed by atoms with Gasteiger partial charge >= 0.3 is 0 Å². The molecule has 9 heteroatoms. The predicted octanol–water partition coefficient (Wildman–Crippen LogP) is 3.78. The Kier molecular flexibility index (Phi) is 6.81. The van der Waals surface area contributed by atoms with Gasteiger partial charge in [-0.25, -0.2) is 8.42 Å². The van der Waals surface area contributed by atoms with Crippen LogP contribution in [0, 0.1) is 0 Å². The molecule has 1 atom stereocenters. The first-order valence-corrected chi connectivity index (χ1v) is 10.2. The maximum Gasteiger partial charge on any atom is 0.266 e. The van der Waals surface area contributed by atoms with Gasteiger partial charge in [0.2, 0.25) is 0 Å². The lowest BCUT2D eigenvalue weighted by molar-refractivity contribution is -0.0258. The molecule has 0 saturated carbocycles. The summed E-state index contributed by atoms with van der Waals surface area (Å²) in [7, 11) is -1.50. The van der Waals surface area contributed by atoms with Crippen molar-refractivity contribution in [3.63, 3.8) is 0 Å². The normalized spacial score (nSPS) is 12.8. The van der Waals surface area contributed by atoms with Gasteiger partial charge in [0.05, 0.1) is 18.2 Å². The molecule has 140 valence electrons. The molecule has 26 heavy (non-hydrogen) atoms. The maximum atomic E-state index is 12.5. The number of carbonyl (C=O) groups excluding carboxylic acids is 1. The predicted molar refractivity (Wildman–Crippen MR) is 103 cm³/mol. The van der Waals surface area contributed by atoms with Crippen molar-refractivity contribution < 1.29 is 18.0 Å². The number of carbonyl (C=O) groups is 1. The first-order valence-electron chi connectivity index (χ1n) is 7.55. The number of nitrogens with one attached hydrogen (secondary N) is 1. The zero-order chi connectivity index (χ0) is 19.5. The van der Waals surface area contributed by atoms with E-state index in [4.69, 9.17) is 16.4 Å². The summed E-state index contributed by atoms with van der Waals surface area (Å²) in [5, 5.41) is 2.84. The molecule has 2 aromatic rings. The molecule has 0 aromatic heterocycles. The number of amides is 1. The van der Waals surface area contributed by atoms with E-state index in [1.807, 2.05) is 31.2 Å². The summed E-state index contributed by atoms with van der Waals surface area (Å²) in [5.74, 6) is -0.411. The van der Waals surface area contributed by atoms with E-state index >= 15 is 0 Å². The SMILES string of the molecule is CON(C)S(=O)(=O)c1cc(C(=O)NC(C)c2cccc(Br)c2)ccc1Cl. The first-order chi connectivity index (χ1) is 12.2. The number of rotatable bonds is 6. The molecule has 0 heterocycles. The monoisotopic (exact) mass is 460 g/mol. The van der Waals surface area contributed by atoms with Crippen LogP contribution in [0.1, 0.15) is 28.9 Å². The molecule has 6 nitrogen and oxygen atoms in total. The second-order valence-corrected chi connectivity index (χ2v) is 8.72. The van der Waals surface area contributed by atoms with Gasteiger partial charge in [-0.15, -0.1) is 0 Å². The van der Waals surface area contributed by atoms with Crippen molar-refractivity contribution in [1.82, 2.24) is 9.79 Å². The van der Waals surface area contributed by atoms with E-state index in [2.05, 4.69) is 21.2 Å². The Morgan fingerprint density at radius 1 is 1.27 bits per heavy atom. The molecule has 0 spiro atoms. The van der Waals surface area contributed by atoms with Gasteiger partial charge in [-0.05, 0) is 42.8 Å². The molecule has 0 saturated heterocycles. The third-order valence-corrected chi connectivity index (χ3v) is 6.42. The maximum absolute atomic E-state index is 12.5. The van der Waals surface area contributed by atoms with Crippen molar-refractivity contribution in [2.24, 2.45) is 0 Å². The summed E-state index contributed by atoms with van der Waals surface area (Å²) in [4.78, 5) is 17.1. The number of nitrogens with zero attached hydrogens (tertiary/aromatic N) is 1. The molecule has 0 fully saturated rings. The number of benzene rings is 2. The van der Waals surface area contributed by atoms with Crippen LogP contribution in [0.4, 0.5) is 0 Å². The fourth-order valence-corrected chi connectivity index (χ4v) is 4.11. The highest BCUT2D eigenvalue weighted by Crippen LogP contribution is 2.26. The highest BCUT2D eigenvalue weighted by atomic mass is 79.9. The van der Waals surface area contributed by atoms with Crippen LogP contribution in [0.25, 0.3) is 0 Å². The standard InChI is InChI=1S/C17H18BrClN2O4S/c1-11(12-5-4-6-14(18)9-12)20-17(22)13-7-8-15(19)16(10-13)26(23,24)21(2)25-3/h4-11H,1-3H3,(H,20,22). The van der Waals surface area contributed by atoms with Gasteiger partial charge in [-0.2, -0.15) is 0 Å². The van der Waals surface area contributed by atoms with Gasteiger partial charge in [-0.3, -0.25) is 9.63 Å². The first kappa shape index (κ1) is 20.9. The van der Waals surface area contributed by atoms with Crippen LogP contribution in [0.15, 0.2) is 51.8 Å². The fourth-order valence-electron chi connectivity index (χ4n) is 2.22. The molecule has 0 radical (unpaired) electrons. The van der Waals surface area contributed by atoms with E-state index in [0.29, 0.717) is 4.47 Å². The Morgan fingerprint density at radius 2 is 1.96 bits per heavy atom. The third kappa shape index (κ3) is 4.63. The summed E-state index contributed by atoms with van der Waals surface area (Å²) in [6.07, 6.45) is 0. The minimum absolute atomic E-state index is 0.00508. The number of hydroxylamine groups is 1. The number of halogens is 2. The van der Waals surface area contributed by atoms with Crippen LogP contribution in [0.3, 0.4) is 0 Å². The van der Waals surface area contributed by atoms with Gasteiger partial charge in [-0.1, -0.05) is 44.1 Å². The van der Waals surface area contributed by atoms with Crippen molar-refractivity contribution >= 4 is 43.5 Å². The van der Waals surface area contributed by atoms with Crippen LogP contribution in [0.2, 0.25) is 5.02 Å². The van der Waals surface area contributed by atoms with Crippen molar-refractivity contribution in [1.29, 1.82) is 0 Å². The third-order valence-electron chi connectivity index (χ3n) is 3.76. The summed E-state index contributed by atoms with van der Waals surface area (Å²) in [5.41, 5.74) is 1.09. The topological polar surface area (TPSA) is 75.7 Å². The molecule has 0 aliphatic carbocycles. The minimum atomic E-state index is -3.97. The molecular formula is C17H18BrClN2O4S. The van der Waals surface area contributed by atoms with Crippen LogP contribution in [-0.4, -0.2) is 33.0 Å². The van der Waals surface area contributed by atoms with Gasteiger partial charge < -0.3 is 5.32 Å². The molecule has 0 bridgehead atoms. The summed E-state index contributed by atoms with van der Waals surface area (Å²) < 4.78 is 26.4. The molecule has 0 aliphatic rings. The lowest BCUT2D eigenvalue weighted by Crippen LogP contribution is -2.28. The second kappa shape index (κ2) is 8.49. The smallest absolute Gasteiger partial charge is 0.266 e. The van der Waals surface area contributed by atoms with E-state index < -0.39 is 15.9 Å². The quantitative estimate of drug-likeness (QED) is 0.664. The Labute approximate surface area is 166 Å². The molecule has 1 amide bonds. The van der Waals surface area contributed by atoms with Gasteiger partial charge in [0.25, 0.3) is 15.9 Å². The zero-order valence-corrected chi connectivity index (χ0v) is 17.5. The van der Waals surface area contributed by atoms with Gasteiger partial charge in [0.1, 0.15) is 4.90 Å². The fraction of sp³-hybridized carbons (Fsp3) is 0.235. The summed E-state index contributed by atoms with van der Waals surface area (Å²) >= 11 is 9.40. The van der Waals surface area contributed by atoms with Crippen molar-refractivity contribution in [2.45, 2.75) is 17.9 Å². The van der Waals surface area contributed by atoms with E-state index in [9.17, 15) is 13.2 Å². The van der Waals surface area contributed by atoms with Crippen LogP contribution >= 0.6 is 27.5 Å². The summed E-state index contributed by atoms with van der Waals surface area (Å²) in [6.45, 7) is 1.84. The Balaban J connectivity index is 2.29. The highest BCUT2D eigenvalue weighted by molar-refractivity contribution is 9.10. The minimum Gasteiger partial charge on any atom is -0.346 e. The van der Waals surface area contributed by atoms with E-state index in [1.165, 1.54) is 32.4 Å². The molecule has 0 aliphatic heterocycles. The number of hydrogen-bond acceptors (Lipinski definition) is 4. The Morgan fingerprint density at radius 3 is 2.58 bits per heavy atom. The Hall–Kier alpha value is -1.45. The number of sulfonamides is 1. The Bertz CT molecular complexity index is 921. The van der Waals surface area contributed by atoms with E-state index in [-0.39, 0.29) is 21.5 Å². The molecule has 1 N–H and O–H groups in total. The number of hydrogen-bond donors (Lipinski definition) is 1. The van der Waals surface area contributed by atoms with Crippen LogP contribution < -0.4 is 5.32 Å². The van der Waals surface area contributed by atoms with Crippen LogP contribution in [0.5, 0.6) is 0 Å². The second-order valence-electron chi connectivity index (χ2n) is 5.49. The van der Waals surface area contributed by atoms with Crippen LogP contribution in [-0.2, 0) is 14.9 Å². The largest absolute Gasteiger partial charge is 0.346 e. The molecular weight excluding hydrogens is 444 g/mol. The average Bonchev–Trinajstić information content (AvgIpc) is 2.60. The van der Waals surface area contributed by atoms with Gasteiger partial charge in [0, 0.05) is 17.1 Å². The highest BCUT2D eigenvalue weighted by Gasteiger charge is 2.25. The lowest BCUT2D eigenvalue weighted by Gasteiger charge is -2.17. The van der Waals surface area contributed by atoms with Crippen molar-refractivity contribution in [3.05, 3.63) is 63.1 Å². The molecule has 1 unspecified atom stereocenters. The van der Waals surface area contributed by atoms with Crippen molar-refractivity contribution in [2.75, 3.05) is 14.2 Å². The molecule has 2 rings (SSSR count).